The van der Waals surface area contributed by atoms with Gasteiger partial charge in [0.1, 0.15) is 11.6 Å². The van der Waals surface area contributed by atoms with Gasteiger partial charge in [0.25, 0.3) is 0 Å². The Morgan fingerprint density at radius 3 is 2.75 bits per heavy atom. The lowest BCUT2D eigenvalue weighted by molar-refractivity contribution is 0.501. The Morgan fingerprint density at radius 2 is 2.04 bits per heavy atom. The average Bonchev–Trinajstić information content (AvgIpc) is 3.29. The summed E-state index contributed by atoms with van der Waals surface area (Å²) in [6.07, 6.45) is 6.06. The monoisotopic (exact) mass is 441 g/mol. The summed E-state index contributed by atoms with van der Waals surface area (Å²) in [6.45, 7) is 3.54. The Bertz CT molecular complexity index is 638. The van der Waals surface area contributed by atoms with E-state index < -0.39 is 0 Å². The quantitative estimate of drug-likeness (QED) is 0.425. The molecule has 1 aliphatic heterocycles. The fourth-order valence-electron chi connectivity index (χ4n) is 2.68. The van der Waals surface area contributed by atoms with Gasteiger partial charge in [0.15, 0.2) is 5.96 Å². The summed E-state index contributed by atoms with van der Waals surface area (Å²) in [5, 5.41) is 6.55. The second kappa shape index (κ2) is 9.51. The van der Waals surface area contributed by atoms with Gasteiger partial charge >= 0.3 is 0 Å². The van der Waals surface area contributed by atoms with Crippen LogP contribution in [0, 0.1) is 0 Å². The minimum Gasteiger partial charge on any atom is -0.467 e. The van der Waals surface area contributed by atoms with E-state index >= 15 is 0 Å². The van der Waals surface area contributed by atoms with E-state index in [1.807, 2.05) is 24.4 Å². The third kappa shape index (κ3) is 5.12. The van der Waals surface area contributed by atoms with Crippen molar-refractivity contribution < 1.29 is 4.42 Å². The molecule has 0 aliphatic carbocycles. The molecule has 6 nitrogen and oxygen atoms in total. The van der Waals surface area contributed by atoms with Crippen LogP contribution < -0.4 is 15.5 Å². The van der Waals surface area contributed by atoms with E-state index in [-0.39, 0.29) is 24.0 Å². The van der Waals surface area contributed by atoms with Crippen molar-refractivity contribution >= 4 is 35.8 Å². The number of aromatic nitrogens is 1. The minimum absolute atomic E-state index is 0. The number of rotatable bonds is 5. The van der Waals surface area contributed by atoms with E-state index in [1.54, 1.807) is 13.3 Å². The molecule has 3 rings (SSSR count). The Hall–Kier alpha value is -1.77. The minimum atomic E-state index is 0. The Balaban J connectivity index is 0.00000208. The van der Waals surface area contributed by atoms with Crippen LogP contribution in [-0.4, -0.2) is 31.1 Å². The Labute approximate surface area is 159 Å². The smallest absolute Gasteiger partial charge is 0.191 e. The van der Waals surface area contributed by atoms with Crippen LogP contribution >= 0.6 is 24.0 Å². The summed E-state index contributed by atoms with van der Waals surface area (Å²) in [5.74, 6) is 2.70. The predicted molar refractivity (Wildman–Crippen MR) is 107 cm³/mol. The first-order chi connectivity index (χ1) is 11.3. The number of furan rings is 1. The Morgan fingerprint density at radius 1 is 1.25 bits per heavy atom. The molecule has 3 heterocycles. The molecular weight excluding hydrogens is 417 g/mol. The first-order valence-electron chi connectivity index (χ1n) is 8.02. The molecule has 1 aliphatic rings. The molecule has 0 radical (unpaired) electrons. The first-order valence-corrected chi connectivity index (χ1v) is 8.02. The zero-order valence-electron chi connectivity index (χ0n) is 13.9. The molecule has 0 bridgehead atoms. The molecule has 0 amide bonds. The predicted octanol–water partition coefficient (Wildman–Crippen LogP) is 2.76. The van der Waals surface area contributed by atoms with Crippen molar-refractivity contribution in [2.75, 3.05) is 25.0 Å². The largest absolute Gasteiger partial charge is 0.467 e. The van der Waals surface area contributed by atoms with E-state index in [1.165, 1.54) is 18.4 Å². The van der Waals surface area contributed by atoms with E-state index in [2.05, 4.69) is 31.6 Å². The molecule has 24 heavy (non-hydrogen) atoms. The van der Waals surface area contributed by atoms with Gasteiger partial charge < -0.3 is 20.0 Å². The van der Waals surface area contributed by atoms with Gasteiger partial charge in [0, 0.05) is 32.9 Å². The lowest BCUT2D eigenvalue weighted by atomic mass is 10.2. The van der Waals surface area contributed by atoms with E-state index in [9.17, 15) is 0 Å². The van der Waals surface area contributed by atoms with Gasteiger partial charge in [-0.2, -0.15) is 0 Å². The van der Waals surface area contributed by atoms with Crippen molar-refractivity contribution in [3.63, 3.8) is 0 Å². The third-order valence-electron chi connectivity index (χ3n) is 3.93. The maximum Gasteiger partial charge on any atom is 0.191 e. The number of pyridine rings is 1. The number of nitrogens with one attached hydrogen (secondary N) is 2. The van der Waals surface area contributed by atoms with Crippen LogP contribution in [0.15, 0.2) is 46.1 Å². The lowest BCUT2D eigenvalue weighted by Gasteiger charge is -2.17. The summed E-state index contributed by atoms with van der Waals surface area (Å²) in [6, 6.07) is 8.00. The zero-order chi connectivity index (χ0) is 15.9. The second-order valence-corrected chi connectivity index (χ2v) is 5.58. The topological polar surface area (TPSA) is 65.7 Å². The summed E-state index contributed by atoms with van der Waals surface area (Å²) in [4.78, 5) is 11.0. The standard InChI is InChI=1S/C17H23N5O.HI/c1-18-17(21-13-15-5-4-10-23-15)20-12-14-6-7-19-16(11-14)22-8-2-3-9-22;/h4-7,10-11H,2-3,8-9,12-13H2,1H3,(H2,18,20,21);1H. The molecule has 0 saturated carbocycles. The van der Waals surface area contributed by atoms with Crippen LogP contribution in [0.5, 0.6) is 0 Å². The number of aliphatic imine (C=N–C) groups is 1. The van der Waals surface area contributed by atoms with E-state index in [4.69, 9.17) is 4.42 Å². The molecule has 0 spiro atoms. The second-order valence-electron chi connectivity index (χ2n) is 5.58. The highest BCUT2D eigenvalue weighted by Crippen LogP contribution is 2.18. The number of guanidine groups is 1. The maximum atomic E-state index is 5.30. The molecule has 0 aromatic carbocycles. The normalized spacial score (nSPS) is 14.4. The molecule has 1 fully saturated rings. The van der Waals surface area contributed by atoms with Crippen molar-refractivity contribution in [2.24, 2.45) is 4.99 Å². The molecule has 2 aromatic rings. The number of hydrogen-bond donors (Lipinski definition) is 2. The molecule has 0 unspecified atom stereocenters. The Kier molecular flexibility index (Phi) is 7.36. The highest BCUT2D eigenvalue weighted by Gasteiger charge is 2.13. The fraction of sp³-hybridized carbons (Fsp3) is 0.412. The van der Waals surface area contributed by atoms with Gasteiger partial charge in [-0.15, -0.1) is 24.0 Å². The zero-order valence-corrected chi connectivity index (χ0v) is 16.2. The maximum absolute atomic E-state index is 5.30. The van der Waals surface area contributed by atoms with Crippen LogP contribution in [0.2, 0.25) is 0 Å². The summed E-state index contributed by atoms with van der Waals surface area (Å²) >= 11 is 0. The molecule has 2 aromatic heterocycles. The van der Waals surface area contributed by atoms with Crippen molar-refractivity contribution in [3.8, 4) is 0 Å². The highest BCUT2D eigenvalue weighted by atomic mass is 127. The van der Waals surface area contributed by atoms with Gasteiger partial charge in [-0.05, 0) is 42.7 Å². The molecule has 1 saturated heterocycles. The van der Waals surface area contributed by atoms with Gasteiger partial charge in [-0.25, -0.2) is 4.98 Å². The van der Waals surface area contributed by atoms with Crippen molar-refractivity contribution in [1.29, 1.82) is 0 Å². The van der Waals surface area contributed by atoms with Gasteiger partial charge in [0.05, 0.1) is 12.8 Å². The highest BCUT2D eigenvalue weighted by molar-refractivity contribution is 14.0. The van der Waals surface area contributed by atoms with E-state index in [0.29, 0.717) is 13.1 Å². The SMILES string of the molecule is CN=C(NCc1ccnc(N2CCCC2)c1)NCc1ccco1.I. The number of halogens is 1. The van der Waals surface area contributed by atoms with Gasteiger partial charge in [-0.3, -0.25) is 4.99 Å². The van der Waals surface area contributed by atoms with Crippen LogP contribution in [-0.2, 0) is 13.1 Å². The number of hydrogen-bond acceptors (Lipinski definition) is 4. The molecule has 0 atom stereocenters. The van der Waals surface area contributed by atoms with E-state index in [0.717, 1.165) is 30.6 Å². The molecule has 130 valence electrons. The molecule has 2 N–H and O–H groups in total. The number of nitrogens with zero attached hydrogens (tertiary/aromatic N) is 3. The fourth-order valence-corrected chi connectivity index (χ4v) is 2.68. The number of anilines is 1. The van der Waals surface area contributed by atoms with Gasteiger partial charge in [0.2, 0.25) is 0 Å². The van der Waals surface area contributed by atoms with Crippen molar-refractivity contribution in [2.45, 2.75) is 25.9 Å². The van der Waals surface area contributed by atoms with Crippen LogP contribution in [0.25, 0.3) is 0 Å². The third-order valence-corrected chi connectivity index (χ3v) is 3.93. The van der Waals surface area contributed by atoms with Crippen LogP contribution in [0.3, 0.4) is 0 Å². The van der Waals surface area contributed by atoms with Crippen LogP contribution in [0.1, 0.15) is 24.2 Å². The average molecular weight is 441 g/mol. The van der Waals surface area contributed by atoms with Gasteiger partial charge in [-0.1, -0.05) is 0 Å². The van der Waals surface area contributed by atoms with Crippen LogP contribution in [0.4, 0.5) is 5.82 Å². The summed E-state index contributed by atoms with van der Waals surface area (Å²) < 4.78 is 5.30. The molecule has 7 heteroatoms. The summed E-state index contributed by atoms with van der Waals surface area (Å²) in [5.41, 5.74) is 1.20. The van der Waals surface area contributed by atoms with Crippen molar-refractivity contribution in [1.82, 2.24) is 15.6 Å². The van der Waals surface area contributed by atoms with Crippen molar-refractivity contribution in [3.05, 3.63) is 48.0 Å². The molecular formula is C17H24IN5O. The summed E-state index contributed by atoms with van der Waals surface area (Å²) in [7, 11) is 1.76. The first kappa shape index (κ1) is 18.6. The lowest BCUT2D eigenvalue weighted by Crippen LogP contribution is -2.36.